The predicted octanol–water partition coefficient (Wildman–Crippen LogP) is 3.80. The molecule has 0 amide bonds. The molecule has 0 bridgehead atoms. The lowest BCUT2D eigenvalue weighted by molar-refractivity contribution is 1.06. The van der Waals surface area contributed by atoms with Gasteiger partial charge in [0, 0.05) is 12.1 Å². The van der Waals surface area contributed by atoms with Gasteiger partial charge in [-0.15, -0.1) is 0 Å². The Morgan fingerprint density at radius 2 is 1.78 bits per heavy atom. The van der Waals surface area contributed by atoms with E-state index in [1.165, 1.54) is 5.56 Å². The summed E-state index contributed by atoms with van der Waals surface area (Å²) >= 11 is 2.28. The minimum absolute atomic E-state index is 0.781. The number of benzene rings is 1. The van der Waals surface area contributed by atoms with Gasteiger partial charge in [0.2, 0.25) is 0 Å². The highest BCUT2D eigenvalue weighted by molar-refractivity contribution is 14.1. The number of nitrogens with one attached hydrogen (secondary N) is 1. The maximum absolute atomic E-state index is 4.59. The van der Waals surface area contributed by atoms with Gasteiger partial charge in [-0.25, -0.2) is 9.97 Å². The number of nitrogens with zero attached hydrogens (tertiary/aromatic N) is 2. The molecule has 1 heterocycles. The van der Waals surface area contributed by atoms with Crippen LogP contribution in [0, 0.1) is 17.4 Å². The van der Waals surface area contributed by atoms with Gasteiger partial charge in [0.05, 0.1) is 9.26 Å². The van der Waals surface area contributed by atoms with E-state index in [0.717, 1.165) is 33.0 Å². The Hall–Kier alpha value is -1.17. The Balaban J connectivity index is 2.48. The quantitative estimate of drug-likeness (QED) is 0.853. The van der Waals surface area contributed by atoms with Gasteiger partial charge in [0.25, 0.3) is 0 Å². The molecule has 0 atom stereocenters. The van der Waals surface area contributed by atoms with E-state index in [1.54, 1.807) is 0 Å². The molecule has 0 saturated heterocycles. The molecule has 0 aliphatic carbocycles. The molecule has 1 aromatic heterocycles. The molecule has 3 nitrogen and oxygen atoms in total. The first kappa shape index (κ1) is 13.3. The van der Waals surface area contributed by atoms with Gasteiger partial charge in [-0.05, 0) is 43.4 Å². The van der Waals surface area contributed by atoms with Crippen LogP contribution in [0.1, 0.15) is 18.2 Å². The molecule has 0 aliphatic heterocycles. The number of halogens is 1. The van der Waals surface area contributed by atoms with Crippen molar-refractivity contribution in [3.8, 4) is 11.4 Å². The summed E-state index contributed by atoms with van der Waals surface area (Å²) < 4.78 is 1.09. The summed E-state index contributed by atoms with van der Waals surface area (Å²) in [6.07, 6.45) is 0. The van der Waals surface area contributed by atoms with E-state index < -0.39 is 0 Å². The number of hydrogen-bond donors (Lipinski definition) is 1. The van der Waals surface area contributed by atoms with E-state index in [0.29, 0.717) is 0 Å². The molecule has 0 saturated carbocycles. The van der Waals surface area contributed by atoms with Crippen LogP contribution in [-0.4, -0.2) is 16.5 Å². The van der Waals surface area contributed by atoms with Gasteiger partial charge in [-0.3, -0.25) is 0 Å². The fourth-order valence-electron chi connectivity index (χ4n) is 1.68. The molecule has 18 heavy (non-hydrogen) atoms. The van der Waals surface area contributed by atoms with Crippen LogP contribution >= 0.6 is 22.6 Å². The SMILES string of the molecule is CCNc1nc(-c2ccc(C)cc2)nc(C)c1I. The van der Waals surface area contributed by atoms with Crippen LogP contribution in [0.2, 0.25) is 0 Å². The topological polar surface area (TPSA) is 37.8 Å². The van der Waals surface area contributed by atoms with E-state index in [9.17, 15) is 0 Å². The molecule has 0 radical (unpaired) electrons. The fourth-order valence-corrected chi connectivity index (χ4v) is 2.11. The van der Waals surface area contributed by atoms with Crippen LogP contribution in [-0.2, 0) is 0 Å². The maximum Gasteiger partial charge on any atom is 0.161 e. The third kappa shape index (κ3) is 2.80. The first-order valence-corrected chi connectivity index (χ1v) is 7.04. The van der Waals surface area contributed by atoms with Crippen LogP contribution in [0.4, 0.5) is 5.82 Å². The summed E-state index contributed by atoms with van der Waals surface area (Å²) in [5.74, 6) is 1.70. The molecular formula is C14H16IN3. The number of hydrogen-bond acceptors (Lipinski definition) is 3. The first-order valence-electron chi connectivity index (χ1n) is 5.97. The summed E-state index contributed by atoms with van der Waals surface area (Å²) in [7, 11) is 0. The number of rotatable bonds is 3. The van der Waals surface area contributed by atoms with Crippen molar-refractivity contribution in [3.05, 3.63) is 39.1 Å². The molecule has 0 spiro atoms. The van der Waals surface area contributed by atoms with Crippen LogP contribution in [0.15, 0.2) is 24.3 Å². The second kappa shape index (κ2) is 5.65. The predicted molar refractivity (Wildman–Crippen MR) is 83.8 cm³/mol. The van der Waals surface area contributed by atoms with Crippen molar-refractivity contribution in [1.29, 1.82) is 0 Å². The largest absolute Gasteiger partial charge is 0.369 e. The van der Waals surface area contributed by atoms with E-state index in [1.807, 2.05) is 6.92 Å². The Morgan fingerprint density at radius 3 is 2.39 bits per heavy atom. The zero-order chi connectivity index (χ0) is 13.1. The third-order valence-corrected chi connectivity index (χ3v) is 3.96. The summed E-state index contributed by atoms with van der Waals surface area (Å²) in [6, 6.07) is 8.29. The average Bonchev–Trinajstić information content (AvgIpc) is 2.36. The first-order chi connectivity index (χ1) is 8.61. The van der Waals surface area contributed by atoms with Crippen LogP contribution in [0.5, 0.6) is 0 Å². The molecule has 94 valence electrons. The van der Waals surface area contributed by atoms with E-state index in [2.05, 4.69) is 76.0 Å². The number of anilines is 1. The Labute approximate surface area is 121 Å². The van der Waals surface area contributed by atoms with Crippen molar-refractivity contribution in [1.82, 2.24) is 9.97 Å². The third-order valence-electron chi connectivity index (χ3n) is 2.67. The van der Waals surface area contributed by atoms with Gasteiger partial charge in [0.15, 0.2) is 5.82 Å². The van der Waals surface area contributed by atoms with E-state index >= 15 is 0 Å². The summed E-state index contributed by atoms with van der Waals surface area (Å²) in [6.45, 7) is 7.02. The van der Waals surface area contributed by atoms with Crippen molar-refractivity contribution in [2.24, 2.45) is 0 Å². The fraction of sp³-hybridized carbons (Fsp3) is 0.286. The van der Waals surface area contributed by atoms with Gasteiger partial charge in [-0.1, -0.05) is 29.8 Å². The minimum atomic E-state index is 0.781. The monoisotopic (exact) mass is 353 g/mol. The van der Waals surface area contributed by atoms with Crippen LogP contribution < -0.4 is 5.32 Å². The smallest absolute Gasteiger partial charge is 0.161 e. The van der Waals surface area contributed by atoms with E-state index in [4.69, 9.17) is 0 Å². The molecule has 1 aromatic carbocycles. The van der Waals surface area contributed by atoms with Crippen molar-refractivity contribution < 1.29 is 0 Å². The Bertz CT molecular complexity index is 550. The van der Waals surface area contributed by atoms with Gasteiger partial charge in [-0.2, -0.15) is 0 Å². The lowest BCUT2D eigenvalue weighted by Gasteiger charge is -2.10. The van der Waals surface area contributed by atoms with Crippen molar-refractivity contribution >= 4 is 28.4 Å². The molecule has 4 heteroatoms. The van der Waals surface area contributed by atoms with Gasteiger partial charge in [0.1, 0.15) is 5.82 Å². The maximum atomic E-state index is 4.59. The van der Waals surface area contributed by atoms with E-state index in [-0.39, 0.29) is 0 Å². The second-order valence-corrected chi connectivity index (χ2v) is 5.27. The minimum Gasteiger partial charge on any atom is -0.369 e. The lowest BCUT2D eigenvalue weighted by atomic mass is 10.1. The van der Waals surface area contributed by atoms with Crippen molar-refractivity contribution in [2.75, 3.05) is 11.9 Å². The normalized spacial score (nSPS) is 10.4. The Kier molecular flexibility index (Phi) is 4.16. The molecule has 0 aliphatic rings. The van der Waals surface area contributed by atoms with Gasteiger partial charge >= 0.3 is 0 Å². The summed E-state index contributed by atoms with van der Waals surface area (Å²) in [5, 5.41) is 3.28. The molecule has 1 N–H and O–H groups in total. The average molecular weight is 353 g/mol. The summed E-state index contributed by atoms with van der Waals surface area (Å²) in [4.78, 5) is 9.15. The highest BCUT2D eigenvalue weighted by Gasteiger charge is 2.09. The lowest BCUT2D eigenvalue weighted by Crippen LogP contribution is -2.06. The second-order valence-electron chi connectivity index (χ2n) is 4.19. The zero-order valence-electron chi connectivity index (χ0n) is 10.8. The van der Waals surface area contributed by atoms with Crippen LogP contribution in [0.25, 0.3) is 11.4 Å². The highest BCUT2D eigenvalue weighted by atomic mass is 127. The molecule has 2 aromatic rings. The van der Waals surface area contributed by atoms with Crippen LogP contribution in [0.3, 0.4) is 0 Å². The highest BCUT2D eigenvalue weighted by Crippen LogP contribution is 2.23. The van der Waals surface area contributed by atoms with Gasteiger partial charge < -0.3 is 5.32 Å². The standard InChI is InChI=1S/C14H16IN3/c1-4-16-14-12(15)10(3)17-13(18-14)11-7-5-9(2)6-8-11/h5-8H,4H2,1-3H3,(H,16,17,18). The zero-order valence-corrected chi connectivity index (χ0v) is 12.9. The summed E-state index contributed by atoms with van der Waals surface area (Å²) in [5.41, 5.74) is 3.31. The number of aryl methyl sites for hydroxylation is 2. The van der Waals surface area contributed by atoms with Crippen molar-refractivity contribution in [2.45, 2.75) is 20.8 Å². The molecule has 0 unspecified atom stereocenters. The molecule has 0 fully saturated rings. The molecular weight excluding hydrogens is 337 g/mol. The Morgan fingerprint density at radius 1 is 1.11 bits per heavy atom. The number of aromatic nitrogens is 2. The molecule has 2 rings (SSSR count). The van der Waals surface area contributed by atoms with Crippen molar-refractivity contribution in [3.63, 3.8) is 0 Å².